The van der Waals surface area contributed by atoms with Crippen LogP contribution in [-0.2, 0) is 0 Å². The topological polar surface area (TPSA) is 32.7 Å². The number of benzene rings is 2. The van der Waals surface area contributed by atoms with Gasteiger partial charge in [-0.3, -0.25) is 0 Å². The highest BCUT2D eigenvalue weighted by atomic mass is 19.1. The number of ether oxygens (including phenoxy) is 1. The zero-order chi connectivity index (χ0) is 15.2. The van der Waals surface area contributed by atoms with Crippen LogP contribution in [0.2, 0.25) is 0 Å². The molecule has 21 heavy (non-hydrogen) atoms. The third-order valence-electron chi connectivity index (χ3n) is 3.49. The van der Waals surface area contributed by atoms with Gasteiger partial charge in [-0.2, -0.15) is 0 Å². The van der Waals surface area contributed by atoms with Gasteiger partial charge in [0.05, 0.1) is 13.2 Å². The first-order valence-corrected chi connectivity index (χ1v) is 6.89. The Morgan fingerprint density at radius 3 is 2.57 bits per heavy atom. The summed E-state index contributed by atoms with van der Waals surface area (Å²) in [4.78, 5) is 2.05. The van der Waals surface area contributed by atoms with Gasteiger partial charge in [-0.25, -0.2) is 4.39 Å². The Hall–Kier alpha value is -2.07. The molecule has 0 aromatic heterocycles. The number of nitrogens with zero attached hydrogens (tertiary/aromatic N) is 1. The maximum Gasteiger partial charge on any atom is 0.123 e. The minimum absolute atomic E-state index is 0.292. The average molecular weight is 289 g/mol. The first-order valence-electron chi connectivity index (χ1n) is 6.89. The molecule has 0 aliphatic heterocycles. The van der Waals surface area contributed by atoms with Crippen molar-refractivity contribution < 1.29 is 14.2 Å². The van der Waals surface area contributed by atoms with Crippen molar-refractivity contribution in [1.82, 2.24) is 0 Å². The summed E-state index contributed by atoms with van der Waals surface area (Å²) in [6.07, 6.45) is -0.0297. The Morgan fingerprint density at radius 1 is 1.19 bits per heavy atom. The van der Waals surface area contributed by atoms with Crippen LogP contribution in [-0.4, -0.2) is 25.8 Å². The number of methoxy groups -OCH3 is 1. The number of hydrogen-bond acceptors (Lipinski definition) is 3. The van der Waals surface area contributed by atoms with Gasteiger partial charge in [0, 0.05) is 25.3 Å². The van der Waals surface area contributed by atoms with Gasteiger partial charge in [-0.15, -0.1) is 0 Å². The van der Waals surface area contributed by atoms with Crippen LogP contribution in [0.15, 0.2) is 48.5 Å². The first kappa shape index (κ1) is 15.3. The Labute approximate surface area is 124 Å². The Morgan fingerprint density at radius 2 is 1.90 bits per heavy atom. The molecular formula is C17H20FNO2. The van der Waals surface area contributed by atoms with E-state index in [1.807, 2.05) is 31.3 Å². The number of hydrogen-bond donors (Lipinski definition) is 1. The van der Waals surface area contributed by atoms with E-state index in [4.69, 9.17) is 4.74 Å². The van der Waals surface area contributed by atoms with Gasteiger partial charge >= 0.3 is 0 Å². The van der Waals surface area contributed by atoms with Crippen molar-refractivity contribution in [2.45, 2.75) is 12.5 Å². The molecular weight excluding hydrogens is 269 g/mol. The van der Waals surface area contributed by atoms with Crippen molar-refractivity contribution in [1.29, 1.82) is 0 Å². The largest absolute Gasteiger partial charge is 0.497 e. The summed E-state index contributed by atoms with van der Waals surface area (Å²) in [7, 11) is 3.60. The second-order valence-corrected chi connectivity index (χ2v) is 4.98. The van der Waals surface area contributed by atoms with Crippen molar-refractivity contribution in [2.24, 2.45) is 0 Å². The van der Waals surface area contributed by atoms with Gasteiger partial charge in [0.25, 0.3) is 0 Å². The summed E-state index contributed by atoms with van der Waals surface area (Å²) in [5.41, 5.74) is 1.76. The highest BCUT2D eigenvalue weighted by molar-refractivity contribution is 5.50. The predicted molar refractivity (Wildman–Crippen MR) is 82.2 cm³/mol. The Kier molecular flexibility index (Phi) is 5.17. The molecule has 2 aromatic carbocycles. The van der Waals surface area contributed by atoms with Crippen molar-refractivity contribution in [3.8, 4) is 5.75 Å². The predicted octanol–water partition coefficient (Wildman–Crippen LogP) is 3.39. The van der Waals surface area contributed by atoms with Crippen LogP contribution in [0.5, 0.6) is 5.75 Å². The van der Waals surface area contributed by atoms with Crippen molar-refractivity contribution in [3.63, 3.8) is 0 Å². The van der Waals surface area contributed by atoms with Crippen molar-refractivity contribution >= 4 is 5.69 Å². The molecule has 0 aliphatic rings. The smallest absolute Gasteiger partial charge is 0.123 e. The highest BCUT2D eigenvalue weighted by Gasteiger charge is 2.10. The number of halogens is 1. The van der Waals surface area contributed by atoms with Crippen LogP contribution in [0, 0.1) is 5.82 Å². The zero-order valence-corrected chi connectivity index (χ0v) is 12.3. The fourth-order valence-corrected chi connectivity index (χ4v) is 2.14. The number of aliphatic hydroxyl groups excluding tert-OH is 1. The first-order chi connectivity index (χ1) is 10.1. The van der Waals surface area contributed by atoms with Crippen LogP contribution in [0.25, 0.3) is 0 Å². The normalized spacial score (nSPS) is 12.0. The highest BCUT2D eigenvalue weighted by Crippen LogP contribution is 2.22. The van der Waals surface area contributed by atoms with E-state index in [0.29, 0.717) is 13.0 Å². The molecule has 2 rings (SSSR count). The lowest BCUT2D eigenvalue weighted by atomic mass is 10.1. The second-order valence-electron chi connectivity index (χ2n) is 4.98. The summed E-state index contributed by atoms with van der Waals surface area (Å²) in [5.74, 6) is 0.512. The minimum Gasteiger partial charge on any atom is -0.497 e. The Balaban J connectivity index is 1.93. The van der Waals surface area contributed by atoms with Gasteiger partial charge < -0.3 is 14.7 Å². The van der Waals surface area contributed by atoms with Crippen molar-refractivity contribution in [3.05, 3.63) is 59.9 Å². The van der Waals surface area contributed by atoms with E-state index in [2.05, 4.69) is 4.90 Å². The molecule has 0 radical (unpaired) electrons. The Bertz CT molecular complexity index is 571. The summed E-state index contributed by atoms with van der Waals surface area (Å²) < 4.78 is 18.1. The summed E-state index contributed by atoms with van der Waals surface area (Å²) >= 11 is 0. The molecule has 0 saturated heterocycles. The maximum atomic E-state index is 12.9. The number of anilines is 1. The summed E-state index contributed by atoms with van der Waals surface area (Å²) in [5, 5.41) is 10.1. The van der Waals surface area contributed by atoms with E-state index >= 15 is 0 Å². The fraction of sp³-hybridized carbons (Fsp3) is 0.294. The van der Waals surface area contributed by atoms with Crippen LogP contribution >= 0.6 is 0 Å². The molecule has 0 saturated carbocycles. The lowest BCUT2D eigenvalue weighted by Gasteiger charge is -2.21. The van der Waals surface area contributed by atoms with E-state index in [0.717, 1.165) is 17.0 Å². The SMILES string of the molecule is COc1cccc(N(C)CCC(O)c2ccc(F)cc2)c1. The van der Waals surface area contributed by atoms with Crippen LogP contribution < -0.4 is 9.64 Å². The molecule has 1 atom stereocenters. The summed E-state index contributed by atoms with van der Waals surface area (Å²) in [6, 6.07) is 13.7. The van der Waals surface area contributed by atoms with Crippen LogP contribution in [0.4, 0.5) is 10.1 Å². The molecule has 0 spiro atoms. The van der Waals surface area contributed by atoms with E-state index in [-0.39, 0.29) is 5.82 Å². The van der Waals surface area contributed by atoms with Gasteiger partial charge in [-0.05, 0) is 36.2 Å². The third kappa shape index (κ3) is 4.20. The lowest BCUT2D eigenvalue weighted by Crippen LogP contribution is -2.20. The molecule has 3 nitrogen and oxygen atoms in total. The quantitative estimate of drug-likeness (QED) is 0.884. The van der Waals surface area contributed by atoms with Crippen LogP contribution in [0.3, 0.4) is 0 Å². The van der Waals surface area contributed by atoms with Crippen molar-refractivity contribution in [2.75, 3.05) is 25.6 Å². The van der Waals surface area contributed by atoms with Gasteiger partial charge in [-0.1, -0.05) is 18.2 Å². The van der Waals surface area contributed by atoms with Gasteiger partial charge in [0.1, 0.15) is 11.6 Å². The van der Waals surface area contributed by atoms with E-state index < -0.39 is 6.10 Å². The molecule has 1 unspecified atom stereocenters. The van der Waals surface area contributed by atoms with E-state index in [9.17, 15) is 9.50 Å². The molecule has 0 aliphatic carbocycles. The second kappa shape index (κ2) is 7.09. The molecule has 0 fully saturated rings. The van der Waals surface area contributed by atoms with E-state index in [1.54, 1.807) is 19.2 Å². The molecule has 1 N–H and O–H groups in total. The number of rotatable bonds is 6. The van der Waals surface area contributed by atoms with Gasteiger partial charge in [0.2, 0.25) is 0 Å². The monoisotopic (exact) mass is 289 g/mol. The molecule has 4 heteroatoms. The molecule has 0 bridgehead atoms. The standard InChI is InChI=1S/C17H20FNO2/c1-19(15-4-3-5-16(12-15)21-2)11-10-17(20)13-6-8-14(18)9-7-13/h3-9,12,17,20H,10-11H2,1-2H3. The van der Waals surface area contributed by atoms with Crippen LogP contribution in [0.1, 0.15) is 18.1 Å². The number of aliphatic hydroxyl groups is 1. The molecule has 0 amide bonds. The maximum absolute atomic E-state index is 12.9. The lowest BCUT2D eigenvalue weighted by molar-refractivity contribution is 0.169. The zero-order valence-electron chi connectivity index (χ0n) is 12.3. The molecule has 112 valence electrons. The summed E-state index contributed by atoms with van der Waals surface area (Å²) in [6.45, 7) is 0.686. The van der Waals surface area contributed by atoms with E-state index in [1.165, 1.54) is 12.1 Å². The molecule has 0 heterocycles. The fourth-order valence-electron chi connectivity index (χ4n) is 2.14. The molecule has 2 aromatic rings. The minimum atomic E-state index is -0.598. The third-order valence-corrected chi connectivity index (χ3v) is 3.49. The van der Waals surface area contributed by atoms with Gasteiger partial charge in [0.15, 0.2) is 0 Å². The average Bonchev–Trinajstić information content (AvgIpc) is 2.53.